The van der Waals surface area contributed by atoms with Crippen molar-refractivity contribution in [1.29, 1.82) is 0 Å². The van der Waals surface area contributed by atoms with Crippen LogP contribution < -0.4 is 4.72 Å². The number of hydrogen-bond acceptors (Lipinski definition) is 6. The summed E-state index contributed by atoms with van der Waals surface area (Å²) in [4.78, 5) is 19.6. The third kappa shape index (κ3) is 4.36. The average Bonchev–Trinajstić information content (AvgIpc) is 3.21. The standard InChI is InChI=1S/C12H17N3O3S/c1-18-7-5-9(11(16)17)10-4-6-13-12(14-10)15-19-8-2-3-8/h4,6,8-9H,2-3,5,7H2,1H3,(H,16,17)(H,13,14,15). The van der Waals surface area contributed by atoms with Crippen molar-refractivity contribution < 1.29 is 14.6 Å². The van der Waals surface area contributed by atoms with Crippen LogP contribution in [0.1, 0.15) is 30.9 Å². The molecule has 7 heteroatoms. The number of hydrogen-bond donors (Lipinski definition) is 2. The van der Waals surface area contributed by atoms with Crippen LogP contribution in [0.5, 0.6) is 0 Å². The Morgan fingerprint density at radius 1 is 1.68 bits per heavy atom. The summed E-state index contributed by atoms with van der Waals surface area (Å²) in [7, 11) is 1.55. The summed E-state index contributed by atoms with van der Waals surface area (Å²) >= 11 is 1.60. The molecule has 0 spiro atoms. The first-order valence-corrected chi connectivity index (χ1v) is 7.05. The summed E-state index contributed by atoms with van der Waals surface area (Å²) in [5.41, 5.74) is 0.512. The van der Waals surface area contributed by atoms with E-state index in [0.717, 1.165) is 0 Å². The predicted octanol–water partition coefficient (Wildman–Crippen LogP) is 1.90. The van der Waals surface area contributed by atoms with Gasteiger partial charge in [0.15, 0.2) is 0 Å². The molecule has 19 heavy (non-hydrogen) atoms. The lowest BCUT2D eigenvalue weighted by atomic mass is 10.0. The van der Waals surface area contributed by atoms with E-state index in [1.807, 2.05) is 0 Å². The summed E-state index contributed by atoms with van der Waals surface area (Å²) < 4.78 is 8.00. The van der Waals surface area contributed by atoms with Gasteiger partial charge in [-0.1, -0.05) is 0 Å². The Morgan fingerprint density at radius 3 is 3.11 bits per heavy atom. The van der Waals surface area contributed by atoms with Gasteiger partial charge in [0.2, 0.25) is 5.95 Å². The minimum absolute atomic E-state index is 0.389. The number of nitrogens with zero attached hydrogens (tertiary/aromatic N) is 2. The van der Waals surface area contributed by atoms with Gasteiger partial charge in [-0.25, -0.2) is 9.97 Å². The summed E-state index contributed by atoms with van der Waals surface area (Å²) in [5, 5.41) is 9.87. The largest absolute Gasteiger partial charge is 0.481 e. The highest BCUT2D eigenvalue weighted by Gasteiger charge is 2.24. The van der Waals surface area contributed by atoms with Crippen molar-refractivity contribution >= 4 is 23.9 Å². The van der Waals surface area contributed by atoms with Crippen molar-refractivity contribution in [2.24, 2.45) is 0 Å². The molecule has 6 nitrogen and oxygen atoms in total. The SMILES string of the molecule is COCCC(C(=O)O)c1ccnc(NSC2CC2)n1. The summed E-state index contributed by atoms with van der Waals surface area (Å²) in [6.07, 6.45) is 4.41. The molecule has 1 aromatic heterocycles. The zero-order chi connectivity index (χ0) is 13.7. The average molecular weight is 283 g/mol. The smallest absolute Gasteiger partial charge is 0.312 e. The van der Waals surface area contributed by atoms with Crippen molar-refractivity contribution in [2.75, 3.05) is 18.4 Å². The van der Waals surface area contributed by atoms with Crippen molar-refractivity contribution in [2.45, 2.75) is 30.4 Å². The molecule has 2 N–H and O–H groups in total. The molecule has 0 amide bonds. The lowest BCUT2D eigenvalue weighted by molar-refractivity contribution is -0.139. The zero-order valence-corrected chi connectivity index (χ0v) is 11.5. The molecule has 1 atom stereocenters. The van der Waals surface area contributed by atoms with E-state index in [2.05, 4.69) is 14.7 Å². The normalized spacial score (nSPS) is 16.1. The molecule has 104 valence electrons. The molecule has 1 aliphatic carbocycles. The second-order valence-electron chi connectivity index (χ2n) is 4.40. The maximum Gasteiger partial charge on any atom is 0.312 e. The van der Waals surface area contributed by atoms with E-state index in [1.54, 1.807) is 31.3 Å². The maximum absolute atomic E-state index is 11.3. The molecule has 0 saturated heterocycles. The molecule has 0 bridgehead atoms. The number of rotatable bonds is 8. The first kappa shape index (κ1) is 14.1. The van der Waals surface area contributed by atoms with E-state index in [1.165, 1.54) is 12.8 Å². The van der Waals surface area contributed by atoms with E-state index in [-0.39, 0.29) is 0 Å². The molecular weight excluding hydrogens is 266 g/mol. The van der Waals surface area contributed by atoms with Gasteiger partial charge < -0.3 is 9.84 Å². The molecule has 2 rings (SSSR count). The van der Waals surface area contributed by atoms with Crippen LogP contribution in [0.25, 0.3) is 0 Å². The molecule has 1 fully saturated rings. The first-order valence-electron chi connectivity index (χ1n) is 6.17. The van der Waals surface area contributed by atoms with Crippen molar-refractivity contribution in [3.63, 3.8) is 0 Å². The van der Waals surface area contributed by atoms with Crippen LogP contribution in [-0.2, 0) is 9.53 Å². The molecule has 0 radical (unpaired) electrons. The predicted molar refractivity (Wildman–Crippen MR) is 73.1 cm³/mol. The fourth-order valence-electron chi connectivity index (χ4n) is 1.57. The lowest BCUT2D eigenvalue weighted by Crippen LogP contribution is -2.16. The number of anilines is 1. The van der Waals surface area contributed by atoms with Gasteiger partial charge in [-0.15, -0.1) is 0 Å². The van der Waals surface area contributed by atoms with Crippen LogP contribution in [0.2, 0.25) is 0 Å². The highest BCUT2D eigenvalue weighted by Crippen LogP contribution is 2.33. The number of aliphatic carboxylic acids is 1. The van der Waals surface area contributed by atoms with Gasteiger partial charge in [-0.05, 0) is 37.3 Å². The monoisotopic (exact) mass is 283 g/mol. The van der Waals surface area contributed by atoms with Crippen LogP contribution >= 0.6 is 11.9 Å². The number of carbonyl (C=O) groups is 1. The van der Waals surface area contributed by atoms with Crippen LogP contribution in [0.15, 0.2) is 12.3 Å². The van der Waals surface area contributed by atoms with Crippen molar-refractivity contribution in [3.05, 3.63) is 18.0 Å². The lowest BCUT2D eigenvalue weighted by Gasteiger charge is -2.12. The van der Waals surface area contributed by atoms with Gasteiger partial charge in [-0.2, -0.15) is 0 Å². The molecule has 1 heterocycles. The Bertz CT molecular complexity index is 440. The number of ether oxygens (including phenoxy) is 1. The summed E-state index contributed by atoms with van der Waals surface area (Å²) in [6, 6.07) is 1.64. The van der Waals surface area contributed by atoms with E-state index in [0.29, 0.717) is 29.9 Å². The molecule has 1 aromatic rings. The molecule has 0 aromatic carbocycles. The Balaban J connectivity index is 2.02. The Labute approximate surface area is 116 Å². The number of nitrogens with one attached hydrogen (secondary N) is 1. The fraction of sp³-hybridized carbons (Fsp3) is 0.583. The molecular formula is C12H17N3O3S. The van der Waals surface area contributed by atoms with Gasteiger partial charge in [0.25, 0.3) is 0 Å². The van der Waals surface area contributed by atoms with E-state index >= 15 is 0 Å². The van der Waals surface area contributed by atoms with Gasteiger partial charge in [0.05, 0.1) is 5.69 Å². The fourth-order valence-corrected chi connectivity index (χ4v) is 2.31. The minimum Gasteiger partial charge on any atom is -0.481 e. The highest BCUT2D eigenvalue weighted by atomic mass is 32.2. The minimum atomic E-state index is -0.892. The maximum atomic E-state index is 11.3. The van der Waals surface area contributed by atoms with E-state index < -0.39 is 11.9 Å². The second kappa shape index (κ2) is 6.72. The summed E-state index contributed by atoms with van der Waals surface area (Å²) in [6.45, 7) is 0.389. The number of carboxylic acid groups (broad SMARTS) is 1. The molecule has 1 saturated carbocycles. The van der Waals surface area contributed by atoms with E-state index in [9.17, 15) is 9.90 Å². The Kier molecular flexibility index (Phi) is 4.98. The highest BCUT2D eigenvalue weighted by molar-refractivity contribution is 8.01. The van der Waals surface area contributed by atoms with Crippen molar-refractivity contribution in [1.82, 2.24) is 9.97 Å². The molecule has 1 aliphatic rings. The van der Waals surface area contributed by atoms with Crippen LogP contribution in [0.4, 0.5) is 5.95 Å². The number of methoxy groups -OCH3 is 1. The van der Waals surface area contributed by atoms with Crippen LogP contribution in [0.3, 0.4) is 0 Å². The van der Waals surface area contributed by atoms with Gasteiger partial charge in [0.1, 0.15) is 5.92 Å². The third-order valence-electron chi connectivity index (χ3n) is 2.78. The number of carboxylic acids is 1. The zero-order valence-electron chi connectivity index (χ0n) is 10.7. The first-order chi connectivity index (χ1) is 9.20. The van der Waals surface area contributed by atoms with Gasteiger partial charge in [0, 0.05) is 25.2 Å². The quantitative estimate of drug-likeness (QED) is 0.705. The van der Waals surface area contributed by atoms with E-state index in [4.69, 9.17) is 4.74 Å². The van der Waals surface area contributed by atoms with Gasteiger partial charge in [-0.3, -0.25) is 9.52 Å². The summed E-state index contributed by atoms with van der Waals surface area (Å²) in [5.74, 6) is -1.08. The Hall–Kier alpha value is -1.34. The molecule has 1 unspecified atom stereocenters. The topological polar surface area (TPSA) is 84.3 Å². The van der Waals surface area contributed by atoms with Crippen molar-refractivity contribution in [3.8, 4) is 0 Å². The number of aromatic nitrogens is 2. The molecule has 0 aliphatic heterocycles. The third-order valence-corrected chi connectivity index (χ3v) is 3.89. The van der Waals surface area contributed by atoms with Gasteiger partial charge >= 0.3 is 5.97 Å². The van der Waals surface area contributed by atoms with Crippen LogP contribution in [-0.4, -0.2) is 40.0 Å². The van der Waals surface area contributed by atoms with Crippen LogP contribution in [0, 0.1) is 0 Å². The Morgan fingerprint density at radius 2 is 2.47 bits per heavy atom. The second-order valence-corrected chi connectivity index (χ2v) is 5.50.